The zero-order chi connectivity index (χ0) is 25.1. The first kappa shape index (κ1) is 23.4. The lowest BCUT2D eigenvalue weighted by molar-refractivity contribution is 0.122. The molecule has 1 fully saturated rings. The molecule has 0 unspecified atom stereocenters. The van der Waals surface area contributed by atoms with Crippen molar-refractivity contribution in [3.8, 4) is 28.8 Å². The Morgan fingerprint density at radius 3 is 2.47 bits per heavy atom. The fourth-order valence-electron chi connectivity index (χ4n) is 3.78. The Balaban J connectivity index is 1.37. The quantitative estimate of drug-likeness (QED) is 0.418. The van der Waals surface area contributed by atoms with Gasteiger partial charge in [-0.2, -0.15) is 0 Å². The fourth-order valence-corrected chi connectivity index (χ4v) is 3.78. The maximum Gasteiger partial charge on any atom is 0.183 e. The Morgan fingerprint density at radius 2 is 1.72 bits per heavy atom. The van der Waals surface area contributed by atoms with Crippen molar-refractivity contribution < 1.29 is 14.2 Å². The minimum atomic E-state index is -0.482. The molecule has 184 valence electrons. The highest BCUT2D eigenvalue weighted by molar-refractivity contribution is 5.68. The number of pyridine rings is 1. The van der Waals surface area contributed by atoms with Gasteiger partial charge in [0.25, 0.3) is 0 Å². The van der Waals surface area contributed by atoms with Crippen LogP contribution in [0.25, 0.3) is 23.0 Å². The van der Waals surface area contributed by atoms with Gasteiger partial charge >= 0.3 is 0 Å². The molecule has 2 N–H and O–H groups in total. The SMILES string of the molecule is CN(C)c1cc(O)cc(Nc2ccc(-c3nccc(-c4ncc(F)c(N5CCOCC5)n4)n3)nc2)c1. The number of hydrogen-bond acceptors (Lipinski definition) is 10. The number of aromatic nitrogens is 5. The van der Waals surface area contributed by atoms with Crippen molar-refractivity contribution in [2.75, 3.05) is 55.5 Å². The topological polar surface area (TPSA) is 112 Å². The van der Waals surface area contributed by atoms with E-state index in [0.29, 0.717) is 49.3 Å². The molecule has 4 heterocycles. The maximum absolute atomic E-state index is 14.4. The van der Waals surface area contributed by atoms with Gasteiger partial charge in [0.1, 0.15) is 17.1 Å². The number of phenols is 1. The molecule has 36 heavy (non-hydrogen) atoms. The van der Waals surface area contributed by atoms with Gasteiger partial charge in [0.2, 0.25) is 0 Å². The summed E-state index contributed by atoms with van der Waals surface area (Å²) in [5, 5.41) is 13.2. The molecule has 4 aromatic rings. The predicted octanol–water partition coefficient (Wildman–Crippen LogP) is 3.49. The molecular weight excluding hydrogens is 463 g/mol. The molecule has 1 aliphatic heterocycles. The Labute approximate surface area is 207 Å². The van der Waals surface area contributed by atoms with E-state index in [-0.39, 0.29) is 11.6 Å². The summed E-state index contributed by atoms with van der Waals surface area (Å²) in [6.45, 7) is 2.17. The molecule has 5 rings (SSSR count). The molecule has 1 aliphatic rings. The minimum Gasteiger partial charge on any atom is -0.508 e. The summed E-state index contributed by atoms with van der Waals surface area (Å²) in [5.74, 6) is 0.622. The van der Waals surface area contributed by atoms with Crippen LogP contribution in [0.5, 0.6) is 5.75 Å². The van der Waals surface area contributed by atoms with Crippen LogP contribution in [0.1, 0.15) is 0 Å². The second-order valence-corrected chi connectivity index (χ2v) is 8.42. The Morgan fingerprint density at radius 1 is 0.917 bits per heavy atom. The average molecular weight is 489 g/mol. The Hall–Kier alpha value is -4.38. The van der Waals surface area contributed by atoms with E-state index in [4.69, 9.17) is 4.74 Å². The Kier molecular flexibility index (Phi) is 6.54. The zero-order valence-electron chi connectivity index (χ0n) is 19.9. The van der Waals surface area contributed by atoms with Gasteiger partial charge < -0.3 is 25.0 Å². The second-order valence-electron chi connectivity index (χ2n) is 8.42. The molecule has 11 heteroatoms. The summed E-state index contributed by atoms with van der Waals surface area (Å²) >= 11 is 0. The number of benzene rings is 1. The first-order chi connectivity index (χ1) is 17.5. The molecular formula is C25H25FN8O2. The number of phenolic OH excluding ortho intramolecular Hbond substituents is 1. The van der Waals surface area contributed by atoms with Crippen LogP contribution in [0.4, 0.5) is 27.3 Å². The number of ether oxygens (including phenoxy) is 1. The average Bonchev–Trinajstić information content (AvgIpc) is 2.89. The zero-order valence-corrected chi connectivity index (χ0v) is 19.9. The van der Waals surface area contributed by atoms with Crippen LogP contribution in [0, 0.1) is 5.82 Å². The number of hydrogen-bond donors (Lipinski definition) is 2. The van der Waals surface area contributed by atoms with E-state index in [9.17, 15) is 9.50 Å². The summed E-state index contributed by atoms with van der Waals surface area (Å²) in [6, 6.07) is 10.6. The van der Waals surface area contributed by atoms with Crippen molar-refractivity contribution in [1.82, 2.24) is 24.9 Å². The fraction of sp³-hybridized carbons (Fsp3) is 0.240. The molecule has 0 aliphatic carbocycles. The highest BCUT2D eigenvalue weighted by Crippen LogP contribution is 2.28. The molecule has 1 saturated heterocycles. The van der Waals surface area contributed by atoms with Gasteiger partial charge in [0.05, 0.1) is 31.3 Å². The van der Waals surface area contributed by atoms with E-state index >= 15 is 0 Å². The van der Waals surface area contributed by atoms with Crippen LogP contribution in [0.15, 0.2) is 55.0 Å². The number of anilines is 4. The third-order valence-electron chi connectivity index (χ3n) is 5.62. The lowest BCUT2D eigenvalue weighted by atomic mass is 10.2. The third kappa shape index (κ3) is 5.15. The van der Waals surface area contributed by atoms with Crippen LogP contribution in [-0.2, 0) is 4.74 Å². The van der Waals surface area contributed by atoms with Gasteiger partial charge in [-0.15, -0.1) is 0 Å². The summed E-state index contributed by atoms with van der Waals surface area (Å²) in [7, 11) is 3.81. The second kappa shape index (κ2) is 10.1. The number of halogens is 1. The first-order valence-corrected chi connectivity index (χ1v) is 11.4. The molecule has 0 bridgehead atoms. The van der Waals surface area contributed by atoms with Crippen LogP contribution >= 0.6 is 0 Å². The number of rotatable bonds is 6. The van der Waals surface area contributed by atoms with Crippen molar-refractivity contribution in [3.63, 3.8) is 0 Å². The lowest BCUT2D eigenvalue weighted by Gasteiger charge is -2.28. The van der Waals surface area contributed by atoms with Crippen LogP contribution in [-0.4, -0.2) is 70.4 Å². The molecule has 0 atom stereocenters. The largest absolute Gasteiger partial charge is 0.508 e. The van der Waals surface area contributed by atoms with Gasteiger partial charge in [-0.05, 0) is 24.3 Å². The molecule has 0 spiro atoms. The highest BCUT2D eigenvalue weighted by Gasteiger charge is 2.19. The predicted molar refractivity (Wildman–Crippen MR) is 135 cm³/mol. The molecule has 0 saturated carbocycles. The summed E-state index contributed by atoms with van der Waals surface area (Å²) in [5.41, 5.74) is 3.36. The van der Waals surface area contributed by atoms with Crippen molar-refractivity contribution in [2.45, 2.75) is 0 Å². The van der Waals surface area contributed by atoms with E-state index in [1.54, 1.807) is 36.7 Å². The first-order valence-electron chi connectivity index (χ1n) is 11.4. The number of nitrogens with zero attached hydrogens (tertiary/aromatic N) is 7. The van der Waals surface area contributed by atoms with Gasteiger partial charge in [-0.3, -0.25) is 4.98 Å². The molecule has 0 amide bonds. The summed E-state index contributed by atoms with van der Waals surface area (Å²) in [4.78, 5) is 25.7. The molecule has 1 aromatic carbocycles. The van der Waals surface area contributed by atoms with E-state index < -0.39 is 5.82 Å². The lowest BCUT2D eigenvalue weighted by Crippen LogP contribution is -2.37. The van der Waals surface area contributed by atoms with Crippen molar-refractivity contribution in [3.05, 3.63) is 60.8 Å². The van der Waals surface area contributed by atoms with Crippen LogP contribution < -0.4 is 15.1 Å². The van der Waals surface area contributed by atoms with Gasteiger partial charge in [0, 0.05) is 56.9 Å². The van der Waals surface area contributed by atoms with Crippen molar-refractivity contribution >= 4 is 22.9 Å². The van der Waals surface area contributed by atoms with Crippen LogP contribution in [0.2, 0.25) is 0 Å². The number of nitrogens with one attached hydrogen (secondary N) is 1. The Bertz CT molecular complexity index is 1360. The molecule has 3 aromatic heterocycles. The van der Waals surface area contributed by atoms with E-state index in [0.717, 1.165) is 23.3 Å². The number of morpholine rings is 1. The van der Waals surface area contributed by atoms with E-state index in [1.165, 1.54) is 0 Å². The van der Waals surface area contributed by atoms with Crippen LogP contribution in [0.3, 0.4) is 0 Å². The molecule has 10 nitrogen and oxygen atoms in total. The molecule has 0 radical (unpaired) electrons. The summed E-state index contributed by atoms with van der Waals surface area (Å²) < 4.78 is 19.8. The van der Waals surface area contributed by atoms with Gasteiger partial charge in [-0.1, -0.05) is 0 Å². The standard InChI is InChI=1S/C25H25FN8O2/c1-33(2)18-11-17(12-19(35)13-18)30-16-3-4-21(28-14-16)23-27-6-5-22(31-23)24-29-15-20(26)25(32-24)34-7-9-36-10-8-34/h3-6,11-15,30,35H,7-10H2,1-2H3. The van der Waals surface area contributed by atoms with E-state index in [1.807, 2.05) is 36.0 Å². The number of aromatic hydroxyl groups is 1. The van der Waals surface area contributed by atoms with Crippen molar-refractivity contribution in [1.29, 1.82) is 0 Å². The van der Waals surface area contributed by atoms with Gasteiger partial charge in [0.15, 0.2) is 23.3 Å². The highest BCUT2D eigenvalue weighted by atomic mass is 19.1. The van der Waals surface area contributed by atoms with Crippen molar-refractivity contribution in [2.24, 2.45) is 0 Å². The normalized spacial score (nSPS) is 13.5. The van der Waals surface area contributed by atoms with E-state index in [2.05, 4.69) is 30.2 Å². The maximum atomic E-state index is 14.4. The summed E-state index contributed by atoms with van der Waals surface area (Å²) in [6.07, 6.45) is 4.43. The van der Waals surface area contributed by atoms with Gasteiger partial charge in [-0.25, -0.2) is 24.3 Å². The third-order valence-corrected chi connectivity index (χ3v) is 5.62. The smallest absolute Gasteiger partial charge is 0.183 e. The minimum absolute atomic E-state index is 0.165. The monoisotopic (exact) mass is 488 g/mol.